The zero-order valence-corrected chi connectivity index (χ0v) is 17.0. The average Bonchev–Trinajstić information content (AvgIpc) is 2.75. The Bertz CT molecular complexity index is 842. The number of carbonyl (C=O) groups is 2. The fourth-order valence-electron chi connectivity index (χ4n) is 2.14. The van der Waals surface area contributed by atoms with Gasteiger partial charge < -0.3 is 14.2 Å². The van der Waals surface area contributed by atoms with E-state index in [2.05, 4.69) is 16.2 Å². The monoisotopic (exact) mass is 417 g/mol. The summed E-state index contributed by atoms with van der Waals surface area (Å²) < 4.78 is 15.9. The van der Waals surface area contributed by atoms with Crippen molar-refractivity contribution in [3.05, 3.63) is 54.1 Å². The zero-order chi connectivity index (χ0) is 21.1. The molecule has 0 aromatic heterocycles. The molecule has 0 aliphatic carbocycles. The first kappa shape index (κ1) is 22.0. The maximum atomic E-state index is 12.2. The number of hydrogen-bond acceptors (Lipinski definition) is 6. The standard InChI is InChI=1S/C20H23N3O5S/c1-3-11-27-17-6-4-5-14(12-17)19(25)21-20(29)23-22-18(24)13-28-16-9-7-15(26-2)8-10-16/h4-10,12H,3,11,13H2,1-2H3,(H,22,24)(H2,21,23,25,29). The minimum absolute atomic E-state index is 0.0484. The van der Waals surface area contributed by atoms with Gasteiger partial charge in [-0.2, -0.15) is 0 Å². The summed E-state index contributed by atoms with van der Waals surface area (Å²) in [5, 5.41) is 2.43. The predicted molar refractivity (Wildman–Crippen MR) is 112 cm³/mol. The number of benzene rings is 2. The summed E-state index contributed by atoms with van der Waals surface area (Å²) in [6.45, 7) is 2.33. The highest BCUT2D eigenvalue weighted by atomic mass is 32.1. The van der Waals surface area contributed by atoms with Gasteiger partial charge in [0.2, 0.25) is 0 Å². The molecule has 0 fully saturated rings. The fourth-order valence-corrected chi connectivity index (χ4v) is 2.28. The third kappa shape index (κ3) is 7.67. The van der Waals surface area contributed by atoms with Crippen LogP contribution in [0.1, 0.15) is 23.7 Å². The number of carbonyl (C=O) groups excluding carboxylic acids is 2. The number of thiocarbonyl (C=S) groups is 1. The third-order valence-corrected chi connectivity index (χ3v) is 3.75. The molecule has 0 saturated heterocycles. The second-order valence-electron chi connectivity index (χ2n) is 5.80. The number of nitrogens with one attached hydrogen (secondary N) is 3. The van der Waals surface area contributed by atoms with Gasteiger partial charge in [-0.25, -0.2) is 0 Å². The normalized spacial score (nSPS) is 9.86. The van der Waals surface area contributed by atoms with Crippen LogP contribution in [0.25, 0.3) is 0 Å². The van der Waals surface area contributed by atoms with Crippen LogP contribution >= 0.6 is 12.2 Å². The number of methoxy groups -OCH3 is 1. The number of hydrogen-bond donors (Lipinski definition) is 3. The van der Waals surface area contributed by atoms with E-state index in [0.717, 1.165) is 6.42 Å². The van der Waals surface area contributed by atoms with E-state index in [1.165, 1.54) is 0 Å². The highest BCUT2D eigenvalue weighted by molar-refractivity contribution is 7.80. The van der Waals surface area contributed by atoms with Crippen LogP contribution in [0.15, 0.2) is 48.5 Å². The molecule has 0 spiro atoms. The van der Waals surface area contributed by atoms with Crippen molar-refractivity contribution < 1.29 is 23.8 Å². The Labute approximate surface area is 174 Å². The molecular formula is C20H23N3O5S. The van der Waals surface area contributed by atoms with E-state index in [-0.39, 0.29) is 11.7 Å². The van der Waals surface area contributed by atoms with Crippen LogP contribution in [0.4, 0.5) is 0 Å². The van der Waals surface area contributed by atoms with E-state index in [4.69, 9.17) is 26.4 Å². The van der Waals surface area contributed by atoms with Crippen LogP contribution in [0.5, 0.6) is 17.2 Å². The molecule has 0 aliphatic rings. The maximum Gasteiger partial charge on any atom is 0.276 e. The lowest BCUT2D eigenvalue weighted by atomic mass is 10.2. The molecule has 0 aliphatic heterocycles. The van der Waals surface area contributed by atoms with Crippen LogP contribution < -0.4 is 30.4 Å². The topological polar surface area (TPSA) is 97.9 Å². The summed E-state index contributed by atoms with van der Waals surface area (Å²) in [6.07, 6.45) is 0.867. The van der Waals surface area contributed by atoms with Gasteiger partial charge in [-0.05, 0) is 61.1 Å². The fraction of sp³-hybridized carbons (Fsp3) is 0.250. The van der Waals surface area contributed by atoms with Gasteiger partial charge in [-0.1, -0.05) is 13.0 Å². The van der Waals surface area contributed by atoms with Gasteiger partial charge in [0.25, 0.3) is 11.8 Å². The lowest BCUT2D eigenvalue weighted by Gasteiger charge is -2.12. The molecule has 2 aromatic carbocycles. The first-order chi connectivity index (χ1) is 14.0. The zero-order valence-electron chi connectivity index (χ0n) is 16.2. The molecule has 0 bridgehead atoms. The largest absolute Gasteiger partial charge is 0.497 e. The van der Waals surface area contributed by atoms with E-state index < -0.39 is 11.8 Å². The SMILES string of the molecule is CCCOc1cccc(C(=O)NC(=S)NNC(=O)COc2ccc(OC)cc2)c1. The Hall–Kier alpha value is -3.33. The lowest BCUT2D eigenvalue weighted by Crippen LogP contribution is -2.49. The summed E-state index contributed by atoms with van der Waals surface area (Å²) in [7, 11) is 1.56. The highest BCUT2D eigenvalue weighted by Gasteiger charge is 2.10. The second-order valence-corrected chi connectivity index (χ2v) is 6.21. The van der Waals surface area contributed by atoms with Crippen molar-refractivity contribution in [2.75, 3.05) is 20.3 Å². The van der Waals surface area contributed by atoms with E-state index in [1.54, 1.807) is 55.6 Å². The van der Waals surface area contributed by atoms with E-state index in [0.29, 0.717) is 29.4 Å². The van der Waals surface area contributed by atoms with Crippen molar-refractivity contribution in [1.29, 1.82) is 0 Å². The Morgan fingerprint density at radius 2 is 1.69 bits per heavy atom. The van der Waals surface area contributed by atoms with Crippen LogP contribution in [0.3, 0.4) is 0 Å². The highest BCUT2D eigenvalue weighted by Crippen LogP contribution is 2.16. The van der Waals surface area contributed by atoms with Gasteiger partial charge in [0.15, 0.2) is 11.7 Å². The van der Waals surface area contributed by atoms with Crippen LogP contribution in [-0.4, -0.2) is 37.3 Å². The third-order valence-electron chi connectivity index (χ3n) is 3.54. The minimum Gasteiger partial charge on any atom is -0.497 e. The molecule has 2 rings (SSSR count). The number of rotatable bonds is 8. The first-order valence-corrected chi connectivity index (χ1v) is 9.32. The van der Waals surface area contributed by atoms with Crippen LogP contribution in [0, 0.1) is 0 Å². The lowest BCUT2D eigenvalue weighted by molar-refractivity contribution is -0.123. The molecule has 8 nitrogen and oxygen atoms in total. The molecule has 154 valence electrons. The van der Waals surface area contributed by atoms with Gasteiger partial charge in [0.1, 0.15) is 17.2 Å². The van der Waals surface area contributed by atoms with Crippen LogP contribution in [-0.2, 0) is 4.79 Å². The predicted octanol–water partition coefficient (Wildman–Crippen LogP) is 2.20. The van der Waals surface area contributed by atoms with Gasteiger partial charge in [-0.15, -0.1) is 0 Å². The smallest absolute Gasteiger partial charge is 0.276 e. The molecule has 0 radical (unpaired) electrons. The summed E-state index contributed by atoms with van der Waals surface area (Å²) in [4.78, 5) is 24.1. The van der Waals surface area contributed by atoms with E-state index in [9.17, 15) is 9.59 Å². The molecule has 9 heteroatoms. The van der Waals surface area contributed by atoms with Gasteiger partial charge in [-0.3, -0.25) is 25.8 Å². The first-order valence-electron chi connectivity index (χ1n) is 8.91. The number of ether oxygens (including phenoxy) is 3. The van der Waals surface area contributed by atoms with Crippen LogP contribution in [0.2, 0.25) is 0 Å². The van der Waals surface area contributed by atoms with Crippen molar-refractivity contribution in [2.45, 2.75) is 13.3 Å². The van der Waals surface area contributed by atoms with E-state index >= 15 is 0 Å². The average molecular weight is 417 g/mol. The van der Waals surface area contributed by atoms with Crippen molar-refractivity contribution in [2.24, 2.45) is 0 Å². The Kier molecular flexibility index (Phi) is 8.71. The van der Waals surface area contributed by atoms with Gasteiger partial charge in [0, 0.05) is 5.56 Å². The molecule has 2 amide bonds. The molecule has 3 N–H and O–H groups in total. The Balaban J connectivity index is 1.74. The summed E-state index contributed by atoms with van der Waals surface area (Å²) in [6, 6.07) is 13.6. The van der Waals surface area contributed by atoms with E-state index in [1.807, 2.05) is 6.92 Å². The number of hydrazine groups is 1. The van der Waals surface area contributed by atoms with Crippen molar-refractivity contribution in [1.82, 2.24) is 16.2 Å². The minimum atomic E-state index is -0.465. The summed E-state index contributed by atoms with van der Waals surface area (Å²) >= 11 is 5.01. The van der Waals surface area contributed by atoms with Gasteiger partial charge in [0.05, 0.1) is 13.7 Å². The van der Waals surface area contributed by atoms with Crippen molar-refractivity contribution in [3.63, 3.8) is 0 Å². The maximum absolute atomic E-state index is 12.2. The molecule has 0 atom stereocenters. The molecule has 29 heavy (non-hydrogen) atoms. The van der Waals surface area contributed by atoms with Crippen molar-refractivity contribution in [3.8, 4) is 17.2 Å². The quantitative estimate of drug-likeness (QED) is 0.447. The Morgan fingerprint density at radius 3 is 2.38 bits per heavy atom. The van der Waals surface area contributed by atoms with Crippen molar-refractivity contribution >= 4 is 29.1 Å². The molecule has 0 saturated carbocycles. The molecule has 0 unspecified atom stereocenters. The molecular weight excluding hydrogens is 394 g/mol. The second kappa shape index (κ2) is 11.5. The molecule has 0 heterocycles. The number of amides is 2. The van der Waals surface area contributed by atoms with Gasteiger partial charge >= 0.3 is 0 Å². The summed E-state index contributed by atoms with van der Waals surface area (Å²) in [5.74, 6) is 0.914. The summed E-state index contributed by atoms with van der Waals surface area (Å²) in [5.41, 5.74) is 5.19. The Morgan fingerprint density at radius 1 is 0.966 bits per heavy atom. The molecule has 2 aromatic rings.